The van der Waals surface area contributed by atoms with Gasteiger partial charge in [-0.25, -0.2) is 0 Å². The van der Waals surface area contributed by atoms with Crippen LogP contribution < -0.4 is 0 Å². The van der Waals surface area contributed by atoms with Crippen molar-refractivity contribution in [3.63, 3.8) is 0 Å². The number of rotatable bonds is 6. The summed E-state index contributed by atoms with van der Waals surface area (Å²) in [5, 5.41) is 37.5. The zero-order valence-corrected chi connectivity index (χ0v) is 34.5. The minimum atomic E-state index is -4.39. The van der Waals surface area contributed by atoms with Crippen molar-refractivity contribution in [2.75, 3.05) is 0 Å². The van der Waals surface area contributed by atoms with Gasteiger partial charge < -0.3 is 18.2 Å². The number of nitro groups is 2. The Morgan fingerprint density at radius 1 is 0.564 bits per heavy atom. The van der Waals surface area contributed by atoms with E-state index in [9.17, 15) is 47.3 Å². The Kier molecular flexibility index (Phi) is 13.5. The normalized spacial score (nSPS) is 18.2. The first kappa shape index (κ1) is 42.9. The van der Waals surface area contributed by atoms with Crippen LogP contribution >= 0.6 is 0 Å². The molecule has 0 spiro atoms. The molecule has 0 bridgehead atoms. The van der Waals surface area contributed by atoms with Crippen molar-refractivity contribution in [3.8, 4) is 0 Å². The van der Waals surface area contributed by atoms with Crippen molar-refractivity contribution < 1.29 is 46.1 Å². The summed E-state index contributed by atoms with van der Waals surface area (Å²) in [6.07, 6.45) is 12.6. The SMILES string of the molecule is Cc1cc(N=NC2=C3C=CC(=S(=O)([O-])O)C=C3C=CC2=O)cc([N+](=O)[O-])c1.Cc1cc(N=NC2=C3C=CC(=S(=O)([O-])O)C=C3C=CC2=O)cc([N+](=O)[O-])c1.[Ba+2]. The van der Waals surface area contributed by atoms with E-state index in [4.69, 9.17) is 9.11 Å². The van der Waals surface area contributed by atoms with Gasteiger partial charge >= 0.3 is 48.9 Å². The number of benzene rings is 2. The Bertz CT molecular complexity index is 2470. The topological polar surface area (TPSA) is 291 Å². The molecule has 2 aromatic carbocycles. The molecule has 21 heteroatoms. The standard InChI is InChI=1S/2C17H13N3O6S.Ba/c2*1-10-6-12(9-13(7-10)20(22)23)18-19-17-15-4-3-14(27(24,25)26)8-11(15)2-5-16(17)21;/h2*2-9H,1H3,(H2,24,25,26);/q;;+2/p-2. The van der Waals surface area contributed by atoms with Crippen LogP contribution in [0.15, 0.2) is 151 Å². The van der Waals surface area contributed by atoms with Gasteiger partial charge in [0, 0.05) is 65.3 Å². The second-order valence-corrected chi connectivity index (χ2v) is 14.4. The number of ketones is 2. The summed E-state index contributed by atoms with van der Waals surface area (Å²) >= 11 is 0. The number of aryl methyl sites for hydroxylation is 2. The van der Waals surface area contributed by atoms with E-state index in [1.807, 2.05) is 0 Å². The number of allylic oxidation sites excluding steroid dienone is 14. The maximum Gasteiger partial charge on any atom is 2.00 e. The molecule has 2 N–H and O–H groups in total. The molecule has 18 nitrogen and oxygen atoms in total. The maximum absolute atomic E-state index is 12.1. The van der Waals surface area contributed by atoms with Gasteiger partial charge in [-0.05, 0) is 84.7 Å². The molecule has 2 unspecified atom stereocenters. The summed E-state index contributed by atoms with van der Waals surface area (Å²) in [7, 11) is -8.77. The van der Waals surface area contributed by atoms with Gasteiger partial charge in [-0.3, -0.25) is 38.2 Å². The van der Waals surface area contributed by atoms with Gasteiger partial charge in [-0.1, -0.05) is 24.3 Å². The molecule has 6 rings (SSSR count). The van der Waals surface area contributed by atoms with E-state index in [1.165, 1.54) is 72.9 Å². The first-order chi connectivity index (χ1) is 25.3. The monoisotopic (exact) mass is 910 g/mol. The molecule has 0 aliphatic heterocycles. The summed E-state index contributed by atoms with van der Waals surface area (Å²) < 4.78 is 63.3. The molecule has 0 saturated heterocycles. The molecule has 55 heavy (non-hydrogen) atoms. The number of nitrogens with zero attached hydrogens (tertiary/aromatic N) is 6. The van der Waals surface area contributed by atoms with Crippen molar-refractivity contribution in [2.24, 2.45) is 20.5 Å². The Balaban J connectivity index is 0.000000240. The molecule has 2 aromatic rings. The third-order valence-electron chi connectivity index (χ3n) is 7.49. The Morgan fingerprint density at radius 3 is 1.25 bits per heavy atom. The van der Waals surface area contributed by atoms with E-state index < -0.39 is 41.6 Å². The number of nitro benzene ring substituents is 2. The molecule has 0 fully saturated rings. The largest absolute Gasteiger partial charge is 2.00 e. The van der Waals surface area contributed by atoms with Gasteiger partial charge in [0.1, 0.15) is 11.4 Å². The van der Waals surface area contributed by atoms with Crippen molar-refractivity contribution >= 4 is 113 Å². The second kappa shape index (κ2) is 17.3. The van der Waals surface area contributed by atoms with Crippen molar-refractivity contribution in [1.82, 2.24) is 0 Å². The average Bonchev–Trinajstić information content (AvgIpc) is 3.09. The van der Waals surface area contributed by atoms with E-state index in [-0.39, 0.29) is 92.8 Å². The number of carbonyl (C=O) groups is 2. The summed E-state index contributed by atoms with van der Waals surface area (Å²) in [6.45, 7) is 3.33. The first-order valence-corrected chi connectivity index (χ1v) is 18.0. The van der Waals surface area contributed by atoms with Crippen LogP contribution in [0.25, 0.3) is 0 Å². The van der Waals surface area contributed by atoms with Crippen LogP contribution in [0.2, 0.25) is 0 Å². The van der Waals surface area contributed by atoms with Crippen LogP contribution in [-0.2, 0) is 29.8 Å². The number of azo groups is 2. The first-order valence-electron chi connectivity index (χ1n) is 15.1. The smallest absolute Gasteiger partial charge is 0.757 e. The van der Waals surface area contributed by atoms with Crippen LogP contribution in [0.4, 0.5) is 22.7 Å². The number of fused-ring (bicyclic) bond motifs is 2. The summed E-state index contributed by atoms with van der Waals surface area (Å²) in [5.41, 5.74) is 2.64. The molecule has 2 atom stereocenters. The third-order valence-corrected chi connectivity index (χ3v) is 9.19. The van der Waals surface area contributed by atoms with Crippen LogP contribution in [0, 0.1) is 34.1 Å². The van der Waals surface area contributed by atoms with Gasteiger partial charge in [-0.2, -0.15) is 10.2 Å². The minimum Gasteiger partial charge on any atom is -0.757 e. The molecule has 0 radical (unpaired) electrons. The molecular weight excluding hydrogens is 886 g/mol. The Hall–Kier alpha value is -4.85. The van der Waals surface area contributed by atoms with E-state index in [1.54, 1.807) is 26.0 Å². The molecule has 0 aromatic heterocycles. The molecule has 0 saturated carbocycles. The molecular formula is C34H24BaN6O12S2. The zero-order valence-electron chi connectivity index (χ0n) is 28.4. The molecule has 276 valence electrons. The van der Waals surface area contributed by atoms with Crippen LogP contribution in [0.1, 0.15) is 11.1 Å². The fraction of sp³-hybridized carbons (Fsp3) is 0.0588. The molecule has 4 aliphatic carbocycles. The Morgan fingerprint density at radius 2 is 0.927 bits per heavy atom. The molecule has 0 heterocycles. The van der Waals surface area contributed by atoms with Gasteiger partial charge in [0.25, 0.3) is 11.4 Å². The molecule has 4 aliphatic rings. The van der Waals surface area contributed by atoms with E-state index in [2.05, 4.69) is 20.5 Å². The maximum atomic E-state index is 12.1. The zero-order chi connectivity index (χ0) is 39.5. The van der Waals surface area contributed by atoms with Crippen LogP contribution in [0.3, 0.4) is 0 Å². The van der Waals surface area contributed by atoms with Gasteiger partial charge in [0.2, 0.25) is 11.6 Å². The van der Waals surface area contributed by atoms with Crippen molar-refractivity contribution in [3.05, 3.63) is 162 Å². The number of hydrogen-bond donors (Lipinski definition) is 2. The average molecular weight is 910 g/mol. The second-order valence-electron chi connectivity index (χ2n) is 11.5. The van der Waals surface area contributed by atoms with Crippen LogP contribution in [0.5, 0.6) is 0 Å². The van der Waals surface area contributed by atoms with E-state index in [0.29, 0.717) is 33.4 Å². The van der Waals surface area contributed by atoms with E-state index >= 15 is 0 Å². The summed E-state index contributed by atoms with van der Waals surface area (Å²) in [5.74, 6) is -0.902. The number of non-ortho nitro benzene ring substituents is 2. The van der Waals surface area contributed by atoms with Crippen molar-refractivity contribution in [1.29, 1.82) is 0 Å². The van der Waals surface area contributed by atoms with Crippen molar-refractivity contribution in [2.45, 2.75) is 13.8 Å². The quantitative estimate of drug-likeness (QED) is 0.120. The van der Waals surface area contributed by atoms with E-state index in [0.717, 1.165) is 12.2 Å². The molecule has 0 amide bonds. The number of hydrogen-bond acceptors (Lipinski definition) is 14. The fourth-order valence-electron chi connectivity index (χ4n) is 5.10. The van der Waals surface area contributed by atoms with Gasteiger partial charge in [0.05, 0.1) is 21.2 Å². The predicted molar refractivity (Wildman–Crippen MR) is 200 cm³/mol. The predicted octanol–water partition coefficient (Wildman–Crippen LogP) is 5.49. The fourth-order valence-corrected chi connectivity index (χ4v) is 6.13. The summed E-state index contributed by atoms with van der Waals surface area (Å²) in [6, 6.07) is 8.36. The van der Waals surface area contributed by atoms with Gasteiger partial charge in [-0.15, -0.1) is 10.2 Å². The minimum absolute atomic E-state index is 0. The van der Waals surface area contributed by atoms with Gasteiger partial charge in [0.15, 0.2) is 0 Å². The Labute approximate surface area is 352 Å². The number of carbonyl (C=O) groups excluding carboxylic acids is 2. The van der Waals surface area contributed by atoms with Crippen LogP contribution in [-0.4, -0.2) is 107 Å². The summed E-state index contributed by atoms with van der Waals surface area (Å²) in [4.78, 5) is 44.4. The third kappa shape index (κ3) is 10.7.